The molecule has 2 nitrogen and oxygen atoms in total. The molecular formula is C19H22O2. The third-order valence-electron chi connectivity index (χ3n) is 4.05. The van der Waals surface area contributed by atoms with Crippen molar-refractivity contribution in [2.75, 3.05) is 0 Å². The summed E-state index contributed by atoms with van der Waals surface area (Å²) < 4.78 is 0. The Bertz CT molecular complexity index is 599. The molecule has 0 saturated carbocycles. The predicted octanol–water partition coefficient (Wildman–Crippen LogP) is 5.03. The summed E-state index contributed by atoms with van der Waals surface area (Å²) in [4.78, 5) is 11.3. The first-order chi connectivity index (χ1) is 10.1. The van der Waals surface area contributed by atoms with E-state index < -0.39 is 5.97 Å². The van der Waals surface area contributed by atoms with Crippen molar-refractivity contribution >= 4 is 5.97 Å². The lowest BCUT2D eigenvalue weighted by Crippen LogP contribution is -1.99. The molecule has 0 amide bonds. The second-order valence-electron chi connectivity index (χ2n) is 5.60. The zero-order valence-corrected chi connectivity index (χ0v) is 12.7. The molecule has 2 aromatic rings. The third-order valence-corrected chi connectivity index (χ3v) is 4.05. The Morgan fingerprint density at radius 2 is 1.76 bits per heavy atom. The molecule has 1 unspecified atom stereocenters. The Labute approximate surface area is 126 Å². The molecule has 2 heteroatoms. The van der Waals surface area contributed by atoms with Gasteiger partial charge in [0.15, 0.2) is 0 Å². The number of carboxylic acids is 1. The van der Waals surface area contributed by atoms with E-state index in [0.717, 1.165) is 23.5 Å². The number of hydrogen-bond acceptors (Lipinski definition) is 1. The molecular weight excluding hydrogens is 260 g/mol. The molecule has 0 saturated heterocycles. The topological polar surface area (TPSA) is 37.3 Å². The Kier molecular flexibility index (Phi) is 5.15. The van der Waals surface area contributed by atoms with Crippen molar-refractivity contribution < 1.29 is 9.90 Å². The van der Waals surface area contributed by atoms with Crippen LogP contribution in [0.1, 0.15) is 42.6 Å². The zero-order valence-electron chi connectivity index (χ0n) is 12.7. The minimum absolute atomic E-state index is 0.352. The number of rotatable bonds is 6. The first-order valence-electron chi connectivity index (χ1n) is 7.53. The summed E-state index contributed by atoms with van der Waals surface area (Å²) in [5.74, 6) is -0.135. The van der Waals surface area contributed by atoms with Gasteiger partial charge in [0.25, 0.3) is 0 Å². The van der Waals surface area contributed by atoms with Gasteiger partial charge in [0.2, 0.25) is 0 Å². The van der Waals surface area contributed by atoms with Gasteiger partial charge in [0.1, 0.15) is 0 Å². The van der Waals surface area contributed by atoms with Gasteiger partial charge < -0.3 is 5.11 Å². The van der Waals surface area contributed by atoms with Gasteiger partial charge in [0, 0.05) is 0 Å². The molecule has 1 atom stereocenters. The fourth-order valence-corrected chi connectivity index (χ4v) is 2.39. The van der Waals surface area contributed by atoms with E-state index in [0.29, 0.717) is 5.56 Å². The maximum Gasteiger partial charge on any atom is 0.336 e. The van der Waals surface area contributed by atoms with E-state index in [1.54, 1.807) is 12.1 Å². The molecule has 0 aliphatic heterocycles. The number of hydrogen-bond donors (Lipinski definition) is 1. The van der Waals surface area contributed by atoms with Crippen LogP contribution in [0.5, 0.6) is 0 Å². The summed E-state index contributed by atoms with van der Waals surface area (Å²) >= 11 is 0. The van der Waals surface area contributed by atoms with Gasteiger partial charge in [-0.25, -0.2) is 4.79 Å². The van der Waals surface area contributed by atoms with Crippen LogP contribution in [-0.2, 0) is 6.42 Å². The second kappa shape index (κ2) is 7.07. The minimum atomic E-state index is -0.883. The van der Waals surface area contributed by atoms with Gasteiger partial charge in [-0.05, 0) is 41.5 Å². The van der Waals surface area contributed by atoms with Crippen LogP contribution in [0.2, 0.25) is 0 Å². The lowest BCUT2D eigenvalue weighted by molar-refractivity contribution is 0.0697. The highest BCUT2D eigenvalue weighted by atomic mass is 16.4. The smallest absolute Gasteiger partial charge is 0.336 e. The van der Waals surface area contributed by atoms with Crippen molar-refractivity contribution in [1.82, 2.24) is 0 Å². The van der Waals surface area contributed by atoms with E-state index >= 15 is 0 Å². The number of benzene rings is 2. The molecule has 21 heavy (non-hydrogen) atoms. The van der Waals surface area contributed by atoms with Crippen molar-refractivity contribution in [2.45, 2.75) is 33.1 Å². The summed E-state index contributed by atoms with van der Waals surface area (Å²) in [7, 11) is 0. The average molecular weight is 282 g/mol. The molecule has 0 spiro atoms. The fourth-order valence-electron chi connectivity index (χ4n) is 2.39. The van der Waals surface area contributed by atoms with Crippen LogP contribution in [0.4, 0.5) is 0 Å². The van der Waals surface area contributed by atoms with Crippen molar-refractivity contribution in [2.24, 2.45) is 5.92 Å². The Morgan fingerprint density at radius 1 is 1.10 bits per heavy atom. The first kappa shape index (κ1) is 15.3. The molecule has 0 heterocycles. The molecule has 0 aliphatic rings. The zero-order chi connectivity index (χ0) is 15.2. The van der Waals surface area contributed by atoms with Gasteiger partial charge in [-0.2, -0.15) is 0 Å². The molecule has 0 fully saturated rings. The van der Waals surface area contributed by atoms with Crippen LogP contribution in [0.3, 0.4) is 0 Å². The normalized spacial score (nSPS) is 12.1. The number of aryl methyl sites for hydroxylation is 1. The fraction of sp³-hybridized carbons (Fsp3) is 0.316. The standard InChI is InChI=1S/C19H22O2/c1-3-14(2)8-9-15-10-12-16(13-11-15)17-6-4-5-7-18(17)19(20)21/h4-7,10-14H,3,8-9H2,1-2H3,(H,20,21). The highest BCUT2D eigenvalue weighted by molar-refractivity contribution is 5.95. The summed E-state index contributed by atoms with van der Waals surface area (Å²) in [5, 5.41) is 9.25. The van der Waals surface area contributed by atoms with E-state index in [4.69, 9.17) is 0 Å². The van der Waals surface area contributed by atoms with Crippen molar-refractivity contribution in [1.29, 1.82) is 0 Å². The maximum atomic E-state index is 11.3. The Morgan fingerprint density at radius 3 is 2.38 bits per heavy atom. The van der Waals surface area contributed by atoms with Crippen molar-refractivity contribution in [3.05, 3.63) is 59.7 Å². The largest absolute Gasteiger partial charge is 0.478 e. The third kappa shape index (κ3) is 3.94. The molecule has 2 rings (SSSR count). The van der Waals surface area contributed by atoms with Gasteiger partial charge in [-0.3, -0.25) is 0 Å². The van der Waals surface area contributed by atoms with Gasteiger partial charge >= 0.3 is 5.97 Å². The minimum Gasteiger partial charge on any atom is -0.478 e. The molecule has 110 valence electrons. The van der Waals surface area contributed by atoms with E-state index in [2.05, 4.69) is 26.0 Å². The van der Waals surface area contributed by atoms with Crippen LogP contribution >= 0.6 is 0 Å². The monoisotopic (exact) mass is 282 g/mol. The lowest BCUT2D eigenvalue weighted by Gasteiger charge is -2.10. The number of carboxylic acid groups (broad SMARTS) is 1. The van der Waals surface area contributed by atoms with Crippen LogP contribution in [0, 0.1) is 5.92 Å². The van der Waals surface area contributed by atoms with E-state index in [-0.39, 0.29) is 0 Å². The van der Waals surface area contributed by atoms with Crippen LogP contribution < -0.4 is 0 Å². The van der Waals surface area contributed by atoms with Crippen LogP contribution in [0.25, 0.3) is 11.1 Å². The van der Waals surface area contributed by atoms with E-state index in [1.165, 1.54) is 18.4 Å². The average Bonchev–Trinajstić information content (AvgIpc) is 2.53. The molecule has 0 radical (unpaired) electrons. The van der Waals surface area contributed by atoms with Crippen LogP contribution in [-0.4, -0.2) is 11.1 Å². The SMILES string of the molecule is CCC(C)CCc1ccc(-c2ccccc2C(=O)O)cc1. The van der Waals surface area contributed by atoms with Gasteiger partial charge in [-0.1, -0.05) is 62.7 Å². The molecule has 1 N–H and O–H groups in total. The molecule has 0 aromatic heterocycles. The summed E-state index contributed by atoms with van der Waals surface area (Å²) in [6.07, 6.45) is 3.49. The van der Waals surface area contributed by atoms with E-state index in [1.807, 2.05) is 24.3 Å². The Balaban J connectivity index is 2.18. The first-order valence-corrected chi connectivity index (χ1v) is 7.53. The quantitative estimate of drug-likeness (QED) is 0.806. The summed E-state index contributed by atoms with van der Waals surface area (Å²) in [6, 6.07) is 15.4. The lowest BCUT2D eigenvalue weighted by atomic mass is 9.96. The number of aromatic carboxylic acids is 1. The molecule has 0 aliphatic carbocycles. The van der Waals surface area contributed by atoms with Gasteiger partial charge in [0.05, 0.1) is 5.56 Å². The molecule has 2 aromatic carbocycles. The van der Waals surface area contributed by atoms with Gasteiger partial charge in [-0.15, -0.1) is 0 Å². The highest BCUT2D eigenvalue weighted by Gasteiger charge is 2.10. The summed E-state index contributed by atoms with van der Waals surface area (Å²) in [5.41, 5.74) is 3.40. The van der Waals surface area contributed by atoms with E-state index in [9.17, 15) is 9.90 Å². The van der Waals surface area contributed by atoms with Crippen molar-refractivity contribution in [3.63, 3.8) is 0 Å². The Hall–Kier alpha value is -2.09. The van der Waals surface area contributed by atoms with Crippen LogP contribution in [0.15, 0.2) is 48.5 Å². The second-order valence-corrected chi connectivity index (χ2v) is 5.60. The van der Waals surface area contributed by atoms with Crippen molar-refractivity contribution in [3.8, 4) is 11.1 Å². The highest BCUT2D eigenvalue weighted by Crippen LogP contribution is 2.24. The number of carbonyl (C=O) groups is 1. The maximum absolute atomic E-state index is 11.3. The summed E-state index contributed by atoms with van der Waals surface area (Å²) in [6.45, 7) is 4.49. The predicted molar refractivity (Wildman–Crippen MR) is 86.6 cm³/mol. The molecule has 0 bridgehead atoms.